The lowest BCUT2D eigenvalue weighted by Gasteiger charge is -2.28. The zero-order valence-corrected chi connectivity index (χ0v) is 11.9. The number of rotatable bonds is 6. The van der Waals surface area contributed by atoms with E-state index in [2.05, 4.69) is 0 Å². The van der Waals surface area contributed by atoms with E-state index in [9.17, 15) is 9.59 Å². The highest BCUT2D eigenvalue weighted by Crippen LogP contribution is 2.28. The minimum atomic E-state index is -0.337. The summed E-state index contributed by atoms with van der Waals surface area (Å²) in [5.74, 6) is 0.0449. The van der Waals surface area contributed by atoms with Gasteiger partial charge in [0, 0.05) is 12.6 Å². The van der Waals surface area contributed by atoms with E-state index in [1.54, 1.807) is 11.0 Å². The molecule has 0 saturated carbocycles. The average molecular weight is 269 g/mol. The largest absolute Gasteiger partial charge is 0.453 e. The first-order chi connectivity index (χ1) is 9.10. The summed E-state index contributed by atoms with van der Waals surface area (Å²) < 4.78 is 10.4. The molecule has 1 unspecified atom stereocenters. The van der Waals surface area contributed by atoms with Crippen LogP contribution in [0.1, 0.15) is 39.5 Å². The van der Waals surface area contributed by atoms with Gasteiger partial charge in [-0.3, -0.25) is 9.69 Å². The van der Waals surface area contributed by atoms with Crippen molar-refractivity contribution >= 4 is 11.9 Å². The number of nitrogens with zero attached hydrogens (tertiary/aromatic N) is 1. The van der Waals surface area contributed by atoms with Gasteiger partial charge >= 0.3 is 6.09 Å². The van der Waals surface area contributed by atoms with E-state index in [4.69, 9.17) is 9.47 Å². The maximum Gasteiger partial charge on any atom is 0.411 e. The molecule has 0 aliphatic carbocycles. The molecule has 1 aliphatic heterocycles. The number of allylic oxidation sites excluding steroid dienone is 2. The summed E-state index contributed by atoms with van der Waals surface area (Å²) in [6.07, 6.45) is 6.25. The molecule has 5 nitrogen and oxygen atoms in total. The third-order valence-electron chi connectivity index (χ3n) is 3.21. The van der Waals surface area contributed by atoms with Crippen molar-refractivity contribution in [3.8, 4) is 0 Å². The summed E-state index contributed by atoms with van der Waals surface area (Å²) >= 11 is 0. The SMILES string of the molecule is CCOC1CC[C@@H](CC/C=C/C(C)=O)N1C(=O)OC. The van der Waals surface area contributed by atoms with Gasteiger partial charge in [0.2, 0.25) is 0 Å². The van der Waals surface area contributed by atoms with Crippen LogP contribution in [-0.4, -0.2) is 42.8 Å². The van der Waals surface area contributed by atoms with Crippen LogP contribution in [0.4, 0.5) is 4.79 Å². The van der Waals surface area contributed by atoms with Crippen molar-refractivity contribution in [2.75, 3.05) is 13.7 Å². The van der Waals surface area contributed by atoms with Crippen LogP contribution in [0.3, 0.4) is 0 Å². The Morgan fingerprint density at radius 2 is 2.11 bits per heavy atom. The molecular weight excluding hydrogens is 246 g/mol. The number of carbonyl (C=O) groups is 2. The van der Waals surface area contributed by atoms with Gasteiger partial charge in [0.1, 0.15) is 6.23 Å². The van der Waals surface area contributed by atoms with Gasteiger partial charge in [0.05, 0.1) is 7.11 Å². The Bertz CT molecular complexity index is 340. The van der Waals surface area contributed by atoms with E-state index >= 15 is 0 Å². The van der Waals surface area contributed by atoms with Gasteiger partial charge in [-0.05, 0) is 45.6 Å². The second-order valence-corrected chi connectivity index (χ2v) is 4.61. The maximum absolute atomic E-state index is 11.8. The van der Waals surface area contributed by atoms with Crippen LogP contribution in [0, 0.1) is 0 Å². The van der Waals surface area contributed by atoms with Crippen molar-refractivity contribution in [2.24, 2.45) is 0 Å². The fourth-order valence-electron chi connectivity index (χ4n) is 2.40. The first kappa shape index (κ1) is 15.7. The molecule has 1 aliphatic rings. The quantitative estimate of drug-likeness (QED) is 0.695. The number of methoxy groups -OCH3 is 1. The Morgan fingerprint density at radius 3 is 2.68 bits per heavy atom. The third kappa shape index (κ3) is 4.67. The molecule has 108 valence electrons. The first-order valence-electron chi connectivity index (χ1n) is 6.75. The van der Waals surface area contributed by atoms with Gasteiger partial charge in [0.25, 0.3) is 0 Å². The molecule has 1 heterocycles. The van der Waals surface area contributed by atoms with Crippen LogP contribution < -0.4 is 0 Å². The zero-order valence-electron chi connectivity index (χ0n) is 11.9. The fraction of sp³-hybridized carbons (Fsp3) is 0.714. The molecule has 2 atom stereocenters. The lowest BCUT2D eigenvalue weighted by Crippen LogP contribution is -2.42. The normalized spacial score (nSPS) is 23.0. The van der Waals surface area contributed by atoms with Crippen molar-refractivity contribution < 1.29 is 19.1 Å². The van der Waals surface area contributed by atoms with Gasteiger partial charge in [-0.15, -0.1) is 0 Å². The van der Waals surface area contributed by atoms with E-state index in [1.165, 1.54) is 14.0 Å². The van der Waals surface area contributed by atoms with Crippen molar-refractivity contribution in [1.29, 1.82) is 0 Å². The fourth-order valence-corrected chi connectivity index (χ4v) is 2.40. The smallest absolute Gasteiger partial charge is 0.411 e. The molecule has 1 amide bonds. The van der Waals surface area contributed by atoms with Crippen LogP contribution in [0.15, 0.2) is 12.2 Å². The Hall–Kier alpha value is -1.36. The molecule has 1 saturated heterocycles. The predicted molar refractivity (Wildman–Crippen MR) is 71.7 cm³/mol. The Labute approximate surface area is 114 Å². The molecule has 0 aromatic rings. The minimum Gasteiger partial charge on any atom is -0.453 e. The maximum atomic E-state index is 11.8. The van der Waals surface area contributed by atoms with Gasteiger partial charge < -0.3 is 9.47 Å². The van der Waals surface area contributed by atoms with Crippen LogP contribution >= 0.6 is 0 Å². The summed E-state index contributed by atoms with van der Waals surface area (Å²) in [6.45, 7) is 4.02. The van der Waals surface area contributed by atoms with E-state index in [1.807, 2.05) is 13.0 Å². The van der Waals surface area contributed by atoms with Gasteiger partial charge in [-0.25, -0.2) is 4.79 Å². The highest BCUT2D eigenvalue weighted by molar-refractivity contribution is 5.87. The van der Waals surface area contributed by atoms with E-state index in [0.29, 0.717) is 6.61 Å². The monoisotopic (exact) mass is 269 g/mol. The van der Waals surface area contributed by atoms with E-state index in [-0.39, 0.29) is 24.1 Å². The van der Waals surface area contributed by atoms with Crippen LogP contribution in [0.25, 0.3) is 0 Å². The summed E-state index contributed by atoms with van der Waals surface area (Å²) in [5.41, 5.74) is 0. The van der Waals surface area contributed by atoms with Crippen molar-refractivity contribution in [2.45, 2.75) is 51.8 Å². The number of amides is 1. The number of hydrogen-bond donors (Lipinski definition) is 0. The average Bonchev–Trinajstić information content (AvgIpc) is 2.77. The predicted octanol–water partition coefficient (Wildman–Crippen LogP) is 2.51. The van der Waals surface area contributed by atoms with Crippen molar-refractivity contribution in [3.05, 3.63) is 12.2 Å². The topological polar surface area (TPSA) is 55.8 Å². The standard InChI is InChI=1S/C14H23NO4/c1-4-19-13-10-9-12(15(13)14(17)18-3)8-6-5-7-11(2)16/h5,7,12-13H,4,6,8-10H2,1-3H3/b7-5+/t12-,13?/m1/s1. The number of hydrogen-bond acceptors (Lipinski definition) is 4. The third-order valence-corrected chi connectivity index (χ3v) is 3.21. The lowest BCUT2D eigenvalue weighted by molar-refractivity contribution is -0.112. The van der Waals surface area contributed by atoms with Crippen LogP contribution in [-0.2, 0) is 14.3 Å². The summed E-state index contributed by atoms with van der Waals surface area (Å²) in [5, 5.41) is 0. The molecule has 0 bridgehead atoms. The molecule has 19 heavy (non-hydrogen) atoms. The Balaban J connectivity index is 2.55. The molecule has 5 heteroatoms. The number of ether oxygens (including phenoxy) is 2. The molecule has 1 fully saturated rings. The van der Waals surface area contributed by atoms with Crippen LogP contribution in [0.5, 0.6) is 0 Å². The minimum absolute atomic E-state index is 0.0449. The Kier molecular flexibility index (Phi) is 6.56. The lowest BCUT2D eigenvalue weighted by atomic mass is 10.1. The summed E-state index contributed by atoms with van der Waals surface area (Å²) in [7, 11) is 1.39. The Morgan fingerprint density at radius 1 is 1.37 bits per heavy atom. The molecule has 0 aromatic heterocycles. The van der Waals surface area contributed by atoms with E-state index in [0.717, 1.165) is 25.7 Å². The van der Waals surface area contributed by atoms with Crippen LogP contribution in [0.2, 0.25) is 0 Å². The van der Waals surface area contributed by atoms with Crippen molar-refractivity contribution in [1.82, 2.24) is 4.90 Å². The molecular formula is C14H23NO4. The van der Waals surface area contributed by atoms with Crippen molar-refractivity contribution in [3.63, 3.8) is 0 Å². The zero-order chi connectivity index (χ0) is 14.3. The molecule has 0 spiro atoms. The number of likely N-dealkylation sites (tertiary alicyclic amines) is 1. The number of ketones is 1. The van der Waals surface area contributed by atoms with E-state index < -0.39 is 0 Å². The van der Waals surface area contributed by atoms with Gasteiger partial charge in [-0.1, -0.05) is 6.08 Å². The van der Waals surface area contributed by atoms with Gasteiger partial charge in [-0.2, -0.15) is 0 Å². The molecule has 1 rings (SSSR count). The molecule has 0 N–H and O–H groups in total. The highest BCUT2D eigenvalue weighted by atomic mass is 16.6. The summed E-state index contributed by atoms with van der Waals surface area (Å²) in [6, 6.07) is 0.126. The molecule has 0 aromatic carbocycles. The summed E-state index contributed by atoms with van der Waals surface area (Å²) in [4.78, 5) is 24.3. The van der Waals surface area contributed by atoms with Gasteiger partial charge in [0.15, 0.2) is 5.78 Å². The molecule has 0 radical (unpaired) electrons. The number of carbonyl (C=O) groups excluding carboxylic acids is 2. The second-order valence-electron chi connectivity index (χ2n) is 4.61. The first-order valence-corrected chi connectivity index (χ1v) is 6.75. The highest BCUT2D eigenvalue weighted by Gasteiger charge is 2.37. The second kappa shape index (κ2) is 7.94.